The van der Waals surface area contributed by atoms with E-state index in [-0.39, 0.29) is 11.8 Å². The van der Waals surface area contributed by atoms with Gasteiger partial charge in [0.1, 0.15) is 0 Å². The molecule has 0 bridgehead atoms. The van der Waals surface area contributed by atoms with Gasteiger partial charge in [-0.3, -0.25) is 9.59 Å². The van der Waals surface area contributed by atoms with Crippen molar-refractivity contribution in [1.29, 1.82) is 0 Å². The van der Waals surface area contributed by atoms with Crippen LogP contribution in [0.3, 0.4) is 0 Å². The van der Waals surface area contributed by atoms with E-state index in [4.69, 9.17) is 0 Å². The predicted octanol–water partition coefficient (Wildman–Crippen LogP) is 3.88. The van der Waals surface area contributed by atoms with Gasteiger partial charge in [0.05, 0.1) is 0 Å². The van der Waals surface area contributed by atoms with Crippen LogP contribution in [0.2, 0.25) is 0 Å². The largest absolute Gasteiger partial charge is 0.349 e. The Morgan fingerprint density at radius 3 is 2.27 bits per heavy atom. The fourth-order valence-electron chi connectivity index (χ4n) is 2.85. The van der Waals surface area contributed by atoms with Crippen LogP contribution in [0.15, 0.2) is 24.3 Å². The Kier molecular flexibility index (Phi) is 6.44. The second-order valence-corrected chi connectivity index (χ2v) is 6.04. The first kappa shape index (κ1) is 16.5. The van der Waals surface area contributed by atoms with E-state index in [1.54, 1.807) is 24.3 Å². The minimum absolute atomic E-state index is 0.0122. The van der Waals surface area contributed by atoms with Gasteiger partial charge in [-0.05, 0) is 43.5 Å². The summed E-state index contributed by atoms with van der Waals surface area (Å²) in [5, 5.41) is 5.96. The van der Waals surface area contributed by atoms with Crippen molar-refractivity contribution in [1.82, 2.24) is 5.32 Å². The standard InChI is InChI=1S/C18H26N2O2/c1-2-7-17(21)19-16-12-10-14(11-13-16)18(22)20-15-8-5-3-4-6-9-15/h10-13,15H,2-9H2,1H3,(H,19,21)(H,20,22). The topological polar surface area (TPSA) is 58.2 Å². The van der Waals surface area contributed by atoms with Gasteiger partial charge in [0.15, 0.2) is 0 Å². The van der Waals surface area contributed by atoms with E-state index in [9.17, 15) is 9.59 Å². The fourth-order valence-corrected chi connectivity index (χ4v) is 2.85. The number of benzene rings is 1. The third-order valence-corrected chi connectivity index (χ3v) is 4.10. The average molecular weight is 302 g/mol. The molecule has 2 N–H and O–H groups in total. The molecule has 1 saturated carbocycles. The summed E-state index contributed by atoms with van der Waals surface area (Å²) < 4.78 is 0. The maximum Gasteiger partial charge on any atom is 0.251 e. The van der Waals surface area contributed by atoms with Gasteiger partial charge in [0.25, 0.3) is 5.91 Å². The maximum absolute atomic E-state index is 12.3. The molecule has 0 unspecified atom stereocenters. The van der Waals surface area contributed by atoms with Crippen LogP contribution in [0.5, 0.6) is 0 Å². The van der Waals surface area contributed by atoms with Crippen molar-refractivity contribution in [3.63, 3.8) is 0 Å². The summed E-state index contributed by atoms with van der Waals surface area (Å²) in [6.45, 7) is 1.97. The molecule has 1 aliphatic carbocycles. The zero-order valence-corrected chi connectivity index (χ0v) is 13.4. The molecule has 120 valence electrons. The second kappa shape index (κ2) is 8.57. The Morgan fingerprint density at radius 1 is 1.05 bits per heavy atom. The Morgan fingerprint density at radius 2 is 1.68 bits per heavy atom. The monoisotopic (exact) mass is 302 g/mol. The van der Waals surface area contributed by atoms with Crippen molar-refractivity contribution in [3.05, 3.63) is 29.8 Å². The first-order chi connectivity index (χ1) is 10.7. The van der Waals surface area contributed by atoms with Crippen LogP contribution in [0.25, 0.3) is 0 Å². The Hall–Kier alpha value is -1.84. The molecule has 0 aromatic heterocycles. The molecule has 2 amide bonds. The van der Waals surface area contributed by atoms with Crippen LogP contribution in [0.4, 0.5) is 5.69 Å². The highest BCUT2D eigenvalue weighted by Gasteiger charge is 2.15. The van der Waals surface area contributed by atoms with Gasteiger partial charge in [0.2, 0.25) is 5.91 Å². The molecule has 4 nitrogen and oxygen atoms in total. The van der Waals surface area contributed by atoms with Crippen LogP contribution in [0, 0.1) is 0 Å². The van der Waals surface area contributed by atoms with Crippen LogP contribution < -0.4 is 10.6 Å². The van der Waals surface area contributed by atoms with Gasteiger partial charge in [-0.15, -0.1) is 0 Å². The quantitative estimate of drug-likeness (QED) is 0.811. The number of hydrogen-bond donors (Lipinski definition) is 2. The first-order valence-electron chi connectivity index (χ1n) is 8.40. The lowest BCUT2D eigenvalue weighted by Gasteiger charge is -2.16. The average Bonchev–Trinajstić information content (AvgIpc) is 2.77. The number of amides is 2. The summed E-state index contributed by atoms with van der Waals surface area (Å²) in [4.78, 5) is 23.8. The van der Waals surface area contributed by atoms with Crippen LogP contribution in [-0.4, -0.2) is 17.9 Å². The molecule has 1 aliphatic rings. The van der Waals surface area contributed by atoms with Crippen LogP contribution in [-0.2, 0) is 4.79 Å². The molecular weight excluding hydrogens is 276 g/mol. The number of carbonyl (C=O) groups is 2. The van der Waals surface area contributed by atoms with Crippen molar-refractivity contribution in [2.75, 3.05) is 5.32 Å². The maximum atomic E-state index is 12.3. The molecular formula is C18H26N2O2. The first-order valence-corrected chi connectivity index (χ1v) is 8.40. The SMILES string of the molecule is CCCC(=O)Nc1ccc(C(=O)NC2CCCCCC2)cc1. The molecule has 4 heteroatoms. The van der Waals surface area contributed by atoms with E-state index in [1.165, 1.54) is 25.7 Å². The molecule has 22 heavy (non-hydrogen) atoms. The number of carbonyl (C=O) groups excluding carboxylic acids is 2. The van der Waals surface area contributed by atoms with Crippen molar-refractivity contribution in [2.24, 2.45) is 0 Å². The van der Waals surface area contributed by atoms with Gasteiger partial charge < -0.3 is 10.6 Å². The zero-order valence-electron chi connectivity index (χ0n) is 13.4. The fraction of sp³-hybridized carbons (Fsp3) is 0.556. The summed E-state index contributed by atoms with van der Waals surface area (Å²) >= 11 is 0. The lowest BCUT2D eigenvalue weighted by molar-refractivity contribution is -0.116. The summed E-state index contributed by atoms with van der Waals surface area (Å²) in [5.74, 6) is -0.00325. The molecule has 0 spiro atoms. The van der Waals surface area contributed by atoms with Crippen molar-refractivity contribution in [2.45, 2.75) is 64.3 Å². The Balaban J connectivity index is 1.88. The molecule has 1 fully saturated rings. The van der Waals surface area contributed by atoms with Gasteiger partial charge in [-0.2, -0.15) is 0 Å². The molecule has 1 aromatic carbocycles. The van der Waals surface area contributed by atoms with Crippen molar-refractivity contribution in [3.8, 4) is 0 Å². The summed E-state index contributed by atoms with van der Waals surface area (Å²) in [6, 6.07) is 7.42. The minimum Gasteiger partial charge on any atom is -0.349 e. The summed E-state index contributed by atoms with van der Waals surface area (Å²) in [6.07, 6.45) is 8.46. The molecule has 0 heterocycles. The normalized spacial score (nSPS) is 15.9. The Labute approximate surface area is 132 Å². The van der Waals surface area contributed by atoms with E-state index in [1.807, 2.05) is 6.92 Å². The third-order valence-electron chi connectivity index (χ3n) is 4.10. The van der Waals surface area contributed by atoms with E-state index in [0.717, 1.165) is 24.9 Å². The number of anilines is 1. The third kappa shape index (κ3) is 5.17. The lowest BCUT2D eigenvalue weighted by Crippen LogP contribution is -2.34. The van der Waals surface area contributed by atoms with E-state index >= 15 is 0 Å². The van der Waals surface area contributed by atoms with Gasteiger partial charge >= 0.3 is 0 Å². The predicted molar refractivity (Wildman–Crippen MR) is 88.9 cm³/mol. The molecule has 0 aliphatic heterocycles. The van der Waals surface area contributed by atoms with Gasteiger partial charge in [-0.25, -0.2) is 0 Å². The number of nitrogens with one attached hydrogen (secondary N) is 2. The Bertz CT molecular complexity index is 488. The molecule has 0 saturated heterocycles. The number of hydrogen-bond acceptors (Lipinski definition) is 2. The second-order valence-electron chi connectivity index (χ2n) is 6.04. The smallest absolute Gasteiger partial charge is 0.251 e. The molecule has 0 atom stereocenters. The zero-order chi connectivity index (χ0) is 15.8. The molecule has 0 radical (unpaired) electrons. The highest BCUT2D eigenvalue weighted by atomic mass is 16.2. The van der Waals surface area contributed by atoms with Crippen LogP contribution >= 0.6 is 0 Å². The molecule has 1 aromatic rings. The van der Waals surface area contributed by atoms with Gasteiger partial charge in [0, 0.05) is 23.7 Å². The van der Waals surface area contributed by atoms with Gasteiger partial charge in [-0.1, -0.05) is 32.6 Å². The van der Waals surface area contributed by atoms with Crippen molar-refractivity contribution < 1.29 is 9.59 Å². The summed E-state index contributed by atoms with van der Waals surface area (Å²) in [7, 11) is 0. The van der Waals surface area contributed by atoms with E-state index in [0.29, 0.717) is 18.0 Å². The lowest BCUT2D eigenvalue weighted by atomic mass is 10.1. The summed E-state index contributed by atoms with van der Waals surface area (Å²) in [5.41, 5.74) is 1.39. The highest BCUT2D eigenvalue weighted by Crippen LogP contribution is 2.18. The van der Waals surface area contributed by atoms with E-state index in [2.05, 4.69) is 10.6 Å². The number of rotatable bonds is 5. The highest BCUT2D eigenvalue weighted by molar-refractivity contribution is 5.95. The van der Waals surface area contributed by atoms with Crippen molar-refractivity contribution >= 4 is 17.5 Å². The molecule has 2 rings (SSSR count). The minimum atomic E-state index is -0.0154. The van der Waals surface area contributed by atoms with Crippen LogP contribution in [0.1, 0.15) is 68.6 Å². The van der Waals surface area contributed by atoms with E-state index < -0.39 is 0 Å².